The minimum Gasteiger partial charge on any atom is -0.463 e. The molecule has 0 radical (unpaired) electrons. The van der Waals surface area contributed by atoms with Gasteiger partial charge in [-0.15, -0.1) is 0 Å². The molecule has 2 rings (SSSR count). The number of hydrogen-bond donors (Lipinski definition) is 1. The van der Waals surface area contributed by atoms with Crippen LogP contribution in [0.4, 0.5) is 13.6 Å². The average Bonchev–Trinajstić information content (AvgIpc) is 2.47. The van der Waals surface area contributed by atoms with Crippen molar-refractivity contribution in [1.82, 2.24) is 10.2 Å². The van der Waals surface area contributed by atoms with Gasteiger partial charge in [-0.05, 0) is 32.9 Å². The summed E-state index contributed by atoms with van der Waals surface area (Å²) in [5.41, 5.74) is -0.0290. The highest BCUT2D eigenvalue weighted by Gasteiger charge is 2.38. The van der Waals surface area contributed by atoms with Crippen molar-refractivity contribution in [2.45, 2.75) is 26.8 Å². The van der Waals surface area contributed by atoms with Crippen LogP contribution in [0.2, 0.25) is 0 Å². The molecule has 0 aromatic heterocycles. The first-order chi connectivity index (χ1) is 10.9. The fraction of sp³-hybridized carbons (Fsp3) is 0.375. The maximum atomic E-state index is 14.1. The lowest BCUT2D eigenvalue weighted by Gasteiger charge is -2.34. The number of esters is 1. The lowest BCUT2D eigenvalue weighted by atomic mass is 9.94. The summed E-state index contributed by atoms with van der Waals surface area (Å²) in [6, 6.07) is 1.62. The van der Waals surface area contributed by atoms with Crippen LogP contribution in [0.25, 0.3) is 0 Å². The molecule has 1 aromatic rings. The molecule has 0 bridgehead atoms. The molecule has 1 aromatic carbocycles. The van der Waals surface area contributed by atoms with Gasteiger partial charge in [-0.1, -0.05) is 6.07 Å². The normalized spacial score (nSPS) is 18.0. The number of nitrogens with zero attached hydrogens (tertiary/aromatic N) is 1. The van der Waals surface area contributed by atoms with Crippen LogP contribution >= 0.6 is 0 Å². The molecule has 1 aliphatic rings. The average molecular weight is 324 g/mol. The van der Waals surface area contributed by atoms with Crippen molar-refractivity contribution in [2.24, 2.45) is 0 Å². The Morgan fingerprint density at radius 1 is 1.30 bits per heavy atom. The SMILES string of the molecule is CCOC(=O)C1=C(C)N(CC)C(=O)N[C@H]1c1c(F)cccc1F. The number of halogens is 2. The Hall–Kier alpha value is -2.44. The maximum Gasteiger partial charge on any atom is 0.338 e. The lowest BCUT2D eigenvalue weighted by molar-refractivity contribution is -0.139. The molecule has 0 saturated heterocycles. The Balaban J connectivity index is 2.63. The summed E-state index contributed by atoms with van der Waals surface area (Å²) in [5.74, 6) is -2.39. The summed E-state index contributed by atoms with van der Waals surface area (Å²) < 4.78 is 33.2. The number of allylic oxidation sites excluding steroid dienone is 1. The smallest absolute Gasteiger partial charge is 0.338 e. The van der Waals surface area contributed by atoms with Crippen LogP contribution in [0.1, 0.15) is 32.4 Å². The summed E-state index contributed by atoms with van der Waals surface area (Å²) in [6.07, 6.45) is 0. The number of carbonyl (C=O) groups excluding carboxylic acids is 2. The molecule has 0 spiro atoms. The maximum absolute atomic E-state index is 14.1. The number of hydrogen-bond acceptors (Lipinski definition) is 3. The number of nitrogens with one attached hydrogen (secondary N) is 1. The van der Waals surface area contributed by atoms with Gasteiger partial charge in [-0.2, -0.15) is 0 Å². The Morgan fingerprint density at radius 2 is 1.91 bits per heavy atom. The molecule has 0 unspecified atom stereocenters. The summed E-state index contributed by atoms with van der Waals surface area (Å²) >= 11 is 0. The van der Waals surface area contributed by atoms with Crippen molar-refractivity contribution < 1.29 is 23.1 Å². The number of ether oxygens (including phenoxy) is 1. The van der Waals surface area contributed by atoms with E-state index in [2.05, 4.69) is 5.32 Å². The van der Waals surface area contributed by atoms with Gasteiger partial charge in [0.2, 0.25) is 0 Å². The molecule has 0 fully saturated rings. The van der Waals surface area contributed by atoms with Gasteiger partial charge in [0, 0.05) is 12.2 Å². The standard InChI is InChI=1S/C16H18F2N2O3/c1-4-20-9(3)12(15(21)23-5-2)14(19-16(20)22)13-10(17)7-6-8-11(13)18/h6-8,14H,4-5H2,1-3H3,(H,19,22)/t14-/m1/s1. The molecule has 0 aliphatic carbocycles. The highest BCUT2D eigenvalue weighted by Crippen LogP contribution is 2.33. The van der Waals surface area contributed by atoms with Crippen LogP contribution in [0.15, 0.2) is 29.5 Å². The van der Waals surface area contributed by atoms with Crippen LogP contribution in [0.5, 0.6) is 0 Å². The van der Waals surface area contributed by atoms with Crippen LogP contribution in [-0.2, 0) is 9.53 Å². The fourth-order valence-electron chi connectivity index (χ4n) is 2.64. The Kier molecular flexibility index (Phi) is 4.98. The van der Waals surface area contributed by atoms with E-state index < -0.39 is 29.7 Å². The second kappa shape index (κ2) is 6.76. The van der Waals surface area contributed by atoms with Crippen molar-refractivity contribution >= 4 is 12.0 Å². The molecular formula is C16H18F2N2O3. The topological polar surface area (TPSA) is 58.6 Å². The second-order valence-corrected chi connectivity index (χ2v) is 4.98. The molecule has 1 aliphatic heterocycles. The third-order valence-electron chi connectivity index (χ3n) is 3.70. The summed E-state index contributed by atoms with van der Waals surface area (Å²) in [5, 5.41) is 2.48. The van der Waals surface area contributed by atoms with Gasteiger partial charge in [0.05, 0.1) is 23.8 Å². The zero-order chi connectivity index (χ0) is 17.1. The van der Waals surface area contributed by atoms with Crippen LogP contribution < -0.4 is 5.32 Å². The molecule has 1 N–H and O–H groups in total. The zero-order valence-electron chi connectivity index (χ0n) is 13.2. The van der Waals surface area contributed by atoms with E-state index in [0.29, 0.717) is 12.2 Å². The van der Waals surface area contributed by atoms with Crippen LogP contribution in [0.3, 0.4) is 0 Å². The molecule has 1 atom stereocenters. The van der Waals surface area contributed by atoms with E-state index in [1.54, 1.807) is 20.8 Å². The summed E-state index contributed by atoms with van der Waals surface area (Å²) in [4.78, 5) is 25.8. The predicted molar refractivity (Wildman–Crippen MR) is 79.3 cm³/mol. The molecule has 23 heavy (non-hydrogen) atoms. The molecule has 2 amide bonds. The van der Waals surface area contributed by atoms with Crippen molar-refractivity contribution in [1.29, 1.82) is 0 Å². The quantitative estimate of drug-likeness (QED) is 0.867. The van der Waals surface area contributed by atoms with E-state index in [0.717, 1.165) is 12.1 Å². The van der Waals surface area contributed by atoms with Gasteiger partial charge in [0.25, 0.3) is 0 Å². The third kappa shape index (κ3) is 3.04. The number of carbonyl (C=O) groups is 2. The molecule has 124 valence electrons. The predicted octanol–water partition coefficient (Wildman–Crippen LogP) is 2.89. The van der Waals surface area contributed by atoms with Crippen molar-refractivity contribution in [3.05, 3.63) is 46.7 Å². The van der Waals surface area contributed by atoms with E-state index in [1.165, 1.54) is 11.0 Å². The minimum absolute atomic E-state index is 0.0253. The van der Waals surface area contributed by atoms with Gasteiger partial charge in [0.1, 0.15) is 11.6 Å². The number of rotatable bonds is 4. The van der Waals surface area contributed by atoms with E-state index >= 15 is 0 Å². The zero-order valence-corrected chi connectivity index (χ0v) is 13.2. The first-order valence-corrected chi connectivity index (χ1v) is 7.32. The molecular weight excluding hydrogens is 306 g/mol. The van der Waals surface area contributed by atoms with Gasteiger partial charge in [-0.25, -0.2) is 18.4 Å². The Morgan fingerprint density at radius 3 is 2.43 bits per heavy atom. The second-order valence-electron chi connectivity index (χ2n) is 4.98. The summed E-state index contributed by atoms with van der Waals surface area (Å²) in [7, 11) is 0. The van der Waals surface area contributed by atoms with E-state index in [4.69, 9.17) is 4.74 Å². The van der Waals surface area contributed by atoms with E-state index in [9.17, 15) is 18.4 Å². The van der Waals surface area contributed by atoms with Crippen LogP contribution in [0, 0.1) is 11.6 Å². The molecule has 0 saturated carbocycles. The van der Waals surface area contributed by atoms with E-state index in [-0.39, 0.29) is 17.7 Å². The highest BCUT2D eigenvalue weighted by atomic mass is 19.1. The first-order valence-electron chi connectivity index (χ1n) is 7.32. The van der Waals surface area contributed by atoms with Gasteiger partial charge < -0.3 is 10.1 Å². The Bertz CT molecular complexity index is 653. The first kappa shape index (κ1) is 16.9. The van der Waals surface area contributed by atoms with Gasteiger partial charge >= 0.3 is 12.0 Å². The monoisotopic (exact) mass is 324 g/mol. The van der Waals surface area contributed by atoms with Crippen LogP contribution in [-0.4, -0.2) is 30.1 Å². The fourth-order valence-corrected chi connectivity index (χ4v) is 2.64. The van der Waals surface area contributed by atoms with Crippen molar-refractivity contribution in [3.63, 3.8) is 0 Å². The molecule has 1 heterocycles. The van der Waals surface area contributed by atoms with Gasteiger partial charge in [0.15, 0.2) is 0 Å². The highest BCUT2D eigenvalue weighted by molar-refractivity contribution is 5.95. The lowest BCUT2D eigenvalue weighted by Crippen LogP contribution is -2.48. The number of amides is 2. The summed E-state index contributed by atoms with van der Waals surface area (Å²) in [6.45, 7) is 5.34. The minimum atomic E-state index is -1.23. The van der Waals surface area contributed by atoms with Crippen molar-refractivity contribution in [3.8, 4) is 0 Å². The van der Waals surface area contributed by atoms with Gasteiger partial charge in [-0.3, -0.25) is 4.90 Å². The number of benzene rings is 1. The molecule has 5 nitrogen and oxygen atoms in total. The third-order valence-corrected chi connectivity index (χ3v) is 3.70. The molecule has 7 heteroatoms. The largest absolute Gasteiger partial charge is 0.463 e. The van der Waals surface area contributed by atoms with Crippen molar-refractivity contribution in [2.75, 3.05) is 13.2 Å². The Labute approximate surface area is 132 Å². The van der Waals surface area contributed by atoms with E-state index in [1.807, 2.05) is 0 Å². The number of urea groups is 1.